The summed E-state index contributed by atoms with van der Waals surface area (Å²) < 4.78 is 0. The predicted octanol–water partition coefficient (Wildman–Crippen LogP) is 3.28. The molecule has 2 rings (SSSR count). The van der Waals surface area contributed by atoms with Gasteiger partial charge in [-0.1, -0.05) is 27.2 Å². The van der Waals surface area contributed by atoms with Crippen LogP contribution in [0.4, 0.5) is 0 Å². The highest BCUT2D eigenvalue weighted by Crippen LogP contribution is 2.35. The van der Waals surface area contributed by atoms with Crippen LogP contribution in [0.15, 0.2) is 0 Å². The monoisotopic (exact) mass is 252 g/mol. The number of hydrogen-bond acceptors (Lipinski definition) is 2. The highest BCUT2D eigenvalue weighted by molar-refractivity contribution is 4.93. The van der Waals surface area contributed by atoms with Gasteiger partial charge in [0, 0.05) is 18.6 Å². The van der Waals surface area contributed by atoms with E-state index in [0.29, 0.717) is 5.41 Å². The quantitative estimate of drug-likeness (QED) is 0.829. The molecule has 18 heavy (non-hydrogen) atoms. The number of nitrogens with one attached hydrogen (secondary N) is 1. The third kappa shape index (κ3) is 3.08. The fourth-order valence-corrected chi connectivity index (χ4v) is 4.13. The van der Waals surface area contributed by atoms with Crippen LogP contribution in [-0.2, 0) is 0 Å². The van der Waals surface area contributed by atoms with Gasteiger partial charge < -0.3 is 5.32 Å². The highest BCUT2D eigenvalue weighted by atomic mass is 15.2. The second-order valence-corrected chi connectivity index (χ2v) is 7.22. The van der Waals surface area contributed by atoms with E-state index in [-0.39, 0.29) is 0 Å². The van der Waals surface area contributed by atoms with Gasteiger partial charge in [-0.05, 0) is 57.0 Å². The van der Waals surface area contributed by atoms with Crippen molar-refractivity contribution < 1.29 is 0 Å². The molecule has 1 N–H and O–H groups in total. The molecule has 2 nitrogen and oxygen atoms in total. The van der Waals surface area contributed by atoms with Crippen molar-refractivity contribution in [1.29, 1.82) is 0 Å². The molecule has 2 aliphatic rings. The Balaban J connectivity index is 1.92. The zero-order chi connectivity index (χ0) is 13.2. The lowest BCUT2D eigenvalue weighted by Crippen LogP contribution is -2.56. The van der Waals surface area contributed by atoms with Crippen molar-refractivity contribution in [2.75, 3.05) is 20.1 Å². The van der Waals surface area contributed by atoms with Crippen LogP contribution >= 0.6 is 0 Å². The summed E-state index contributed by atoms with van der Waals surface area (Å²) in [6.45, 7) is 9.58. The molecule has 1 saturated heterocycles. The van der Waals surface area contributed by atoms with E-state index in [1.54, 1.807) is 0 Å². The molecule has 0 amide bonds. The number of piperidine rings is 1. The van der Waals surface area contributed by atoms with Crippen LogP contribution in [0.5, 0.6) is 0 Å². The van der Waals surface area contributed by atoms with E-state index < -0.39 is 0 Å². The number of rotatable bonds is 3. The summed E-state index contributed by atoms with van der Waals surface area (Å²) in [4.78, 5) is 2.73. The van der Waals surface area contributed by atoms with Gasteiger partial charge >= 0.3 is 0 Å². The Morgan fingerprint density at radius 3 is 2.33 bits per heavy atom. The van der Waals surface area contributed by atoms with Crippen LogP contribution in [0.25, 0.3) is 0 Å². The van der Waals surface area contributed by atoms with Crippen molar-refractivity contribution in [3.8, 4) is 0 Å². The van der Waals surface area contributed by atoms with Crippen molar-refractivity contribution in [2.45, 2.75) is 71.4 Å². The summed E-state index contributed by atoms with van der Waals surface area (Å²) in [6, 6.07) is 1.61. The third-order valence-electron chi connectivity index (χ3n) is 5.54. The van der Waals surface area contributed by atoms with Gasteiger partial charge in [0.2, 0.25) is 0 Å². The average Bonchev–Trinajstić information content (AvgIpc) is 2.37. The zero-order valence-electron chi connectivity index (χ0n) is 12.8. The summed E-state index contributed by atoms with van der Waals surface area (Å²) in [6.07, 6.45) is 8.46. The summed E-state index contributed by atoms with van der Waals surface area (Å²) in [5, 5.41) is 3.55. The highest BCUT2D eigenvalue weighted by Gasteiger charge is 2.37. The van der Waals surface area contributed by atoms with Crippen molar-refractivity contribution >= 4 is 0 Å². The van der Waals surface area contributed by atoms with Crippen LogP contribution < -0.4 is 5.32 Å². The molecule has 2 heteroatoms. The Hall–Kier alpha value is -0.0800. The first kappa shape index (κ1) is 14.3. The first-order valence-corrected chi connectivity index (χ1v) is 7.97. The predicted molar refractivity (Wildman–Crippen MR) is 78.9 cm³/mol. The van der Waals surface area contributed by atoms with Gasteiger partial charge in [0.05, 0.1) is 0 Å². The van der Waals surface area contributed by atoms with Crippen molar-refractivity contribution in [1.82, 2.24) is 10.2 Å². The van der Waals surface area contributed by atoms with Gasteiger partial charge in [-0.25, -0.2) is 0 Å². The van der Waals surface area contributed by atoms with Crippen LogP contribution in [0.2, 0.25) is 0 Å². The second kappa shape index (κ2) is 5.92. The van der Waals surface area contributed by atoms with Crippen LogP contribution in [0.3, 0.4) is 0 Å². The van der Waals surface area contributed by atoms with Gasteiger partial charge in [-0.2, -0.15) is 0 Å². The largest absolute Gasteiger partial charge is 0.316 e. The molecule has 0 bridgehead atoms. The Bertz CT molecular complexity index is 254. The van der Waals surface area contributed by atoms with Gasteiger partial charge in [0.15, 0.2) is 0 Å². The standard InChI is InChI=1S/C16H32N2/c1-5-13-6-8-14(9-7-13)18(4)15-10-11-17-12-16(15,2)3/h13-15,17H,5-12H2,1-4H3. The van der Waals surface area contributed by atoms with E-state index in [1.165, 1.54) is 51.6 Å². The lowest BCUT2D eigenvalue weighted by Gasteiger charge is -2.48. The zero-order valence-corrected chi connectivity index (χ0v) is 12.8. The molecule has 0 radical (unpaired) electrons. The summed E-state index contributed by atoms with van der Waals surface area (Å²) in [7, 11) is 2.38. The fraction of sp³-hybridized carbons (Fsp3) is 1.00. The first-order valence-electron chi connectivity index (χ1n) is 7.97. The van der Waals surface area contributed by atoms with Crippen LogP contribution in [0.1, 0.15) is 59.3 Å². The third-order valence-corrected chi connectivity index (χ3v) is 5.54. The maximum absolute atomic E-state index is 3.55. The maximum atomic E-state index is 3.55. The van der Waals surface area contributed by atoms with Crippen molar-refractivity contribution in [3.63, 3.8) is 0 Å². The summed E-state index contributed by atoms with van der Waals surface area (Å²) in [5.74, 6) is 1.01. The van der Waals surface area contributed by atoms with Crippen molar-refractivity contribution in [2.24, 2.45) is 11.3 Å². The fourth-order valence-electron chi connectivity index (χ4n) is 4.13. The minimum absolute atomic E-state index is 0.425. The van der Waals surface area contributed by atoms with E-state index in [0.717, 1.165) is 18.0 Å². The summed E-state index contributed by atoms with van der Waals surface area (Å²) in [5.41, 5.74) is 0.425. The average molecular weight is 252 g/mol. The Kier molecular flexibility index (Phi) is 4.71. The molecule has 1 heterocycles. The van der Waals surface area contributed by atoms with Gasteiger partial charge in [-0.15, -0.1) is 0 Å². The molecule has 1 unspecified atom stereocenters. The Morgan fingerprint density at radius 2 is 1.78 bits per heavy atom. The van der Waals surface area contributed by atoms with Crippen LogP contribution in [-0.4, -0.2) is 37.1 Å². The normalized spacial score (nSPS) is 36.8. The number of nitrogens with zero attached hydrogens (tertiary/aromatic N) is 1. The molecule has 0 aromatic heterocycles. The smallest absolute Gasteiger partial charge is 0.0170 e. The maximum Gasteiger partial charge on any atom is 0.0170 e. The topological polar surface area (TPSA) is 15.3 Å². The molecule has 106 valence electrons. The molecule has 2 fully saturated rings. The molecule has 1 aliphatic heterocycles. The first-order chi connectivity index (χ1) is 8.54. The molecule has 1 atom stereocenters. The molecule has 0 spiro atoms. The Labute approximate surface area is 114 Å². The van der Waals surface area contributed by atoms with E-state index in [2.05, 4.69) is 38.0 Å². The lowest BCUT2D eigenvalue weighted by molar-refractivity contribution is 0.0296. The van der Waals surface area contributed by atoms with E-state index in [9.17, 15) is 0 Å². The lowest BCUT2D eigenvalue weighted by atomic mass is 9.77. The minimum atomic E-state index is 0.425. The SMILES string of the molecule is CCC1CCC(N(C)C2CCNCC2(C)C)CC1. The molecule has 0 aromatic rings. The molecule has 1 saturated carbocycles. The van der Waals surface area contributed by atoms with Gasteiger partial charge in [0.25, 0.3) is 0 Å². The van der Waals surface area contributed by atoms with Crippen molar-refractivity contribution in [3.05, 3.63) is 0 Å². The van der Waals surface area contributed by atoms with E-state index >= 15 is 0 Å². The van der Waals surface area contributed by atoms with E-state index in [4.69, 9.17) is 0 Å². The second-order valence-electron chi connectivity index (χ2n) is 7.22. The Morgan fingerprint density at radius 1 is 1.11 bits per heavy atom. The molecule has 1 aliphatic carbocycles. The van der Waals surface area contributed by atoms with Crippen LogP contribution in [0, 0.1) is 11.3 Å². The van der Waals surface area contributed by atoms with E-state index in [1.807, 2.05) is 0 Å². The summed E-state index contributed by atoms with van der Waals surface area (Å²) >= 11 is 0. The van der Waals surface area contributed by atoms with Gasteiger partial charge in [0.1, 0.15) is 0 Å². The molecular formula is C16H32N2. The van der Waals surface area contributed by atoms with Gasteiger partial charge in [-0.3, -0.25) is 4.90 Å². The molecule has 0 aromatic carbocycles. The number of hydrogen-bond donors (Lipinski definition) is 1. The molecular weight excluding hydrogens is 220 g/mol. The minimum Gasteiger partial charge on any atom is -0.316 e.